The minimum absolute atomic E-state index is 0.280. The van der Waals surface area contributed by atoms with Gasteiger partial charge in [-0.2, -0.15) is 0 Å². The van der Waals surface area contributed by atoms with Gasteiger partial charge in [-0.3, -0.25) is 9.69 Å². The number of benzene rings is 1. The van der Waals surface area contributed by atoms with E-state index in [0.29, 0.717) is 16.8 Å². The molecule has 1 aromatic carbocycles. The number of hydrogen-bond acceptors (Lipinski definition) is 7. The van der Waals surface area contributed by atoms with E-state index in [1.54, 1.807) is 0 Å². The summed E-state index contributed by atoms with van der Waals surface area (Å²) in [5.41, 5.74) is 8.84. The number of carboxylic acids is 1. The maximum absolute atomic E-state index is 11.8. The molecule has 0 unspecified atom stereocenters. The van der Waals surface area contributed by atoms with Crippen LogP contribution in [0.25, 0.3) is 10.2 Å². The van der Waals surface area contributed by atoms with Gasteiger partial charge in [0.2, 0.25) is 5.82 Å². The van der Waals surface area contributed by atoms with Gasteiger partial charge in [0.25, 0.3) is 5.56 Å². The number of aryl methyl sites for hydroxylation is 2. The largest absolute Gasteiger partial charge is 0.475 e. The Bertz CT molecular complexity index is 1120. The summed E-state index contributed by atoms with van der Waals surface area (Å²) in [6.45, 7) is 5.45. The van der Waals surface area contributed by atoms with Crippen LogP contribution in [0.5, 0.6) is 0 Å². The molecule has 0 radical (unpaired) electrons. The first-order chi connectivity index (χ1) is 15.0. The van der Waals surface area contributed by atoms with Crippen LogP contribution < -0.4 is 11.3 Å². The lowest BCUT2D eigenvalue weighted by Gasteiger charge is -2.26. The highest BCUT2D eigenvalue weighted by Crippen LogP contribution is 2.34. The fourth-order valence-corrected chi connectivity index (χ4v) is 5.16. The molecule has 1 fully saturated rings. The number of morpholine rings is 1. The van der Waals surface area contributed by atoms with Gasteiger partial charge in [-0.25, -0.2) is 9.78 Å². The van der Waals surface area contributed by atoms with Gasteiger partial charge in [0.15, 0.2) is 0 Å². The first kappa shape index (κ1) is 21.6. The summed E-state index contributed by atoms with van der Waals surface area (Å²) in [5.74, 6) is -1.48. The van der Waals surface area contributed by atoms with Crippen molar-refractivity contribution in [2.75, 3.05) is 26.3 Å². The molecule has 4 N–H and O–H groups in total. The summed E-state index contributed by atoms with van der Waals surface area (Å²) >= 11 is 1.44. The number of carbonyl (C=O) groups is 1. The third-order valence-corrected chi connectivity index (χ3v) is 6.73. The van der Waals surface area contributed by atoms with Crippen molar-refractivity contribution in [1.82, 2.24) is 14.9 Å². The summed E-state index contributed by atoms with van der Waals surface area (Å²) < 4.78 is 5.32. The standard InChI is InChI=1S/C12H18N2O.C10H8N2O3S/c13-9-11-1-3-12(4-2-11)10-14-5-7-15-8-6-14;13-8-6-4-2-1-3-5(4)16-9(6)12-7(11-8)10(14)15/h1-4H,5-10,13H2;1-3H2,(H,14,15)(H,11,12,13). The molecular formula is C22H26N4O4S. The lowest BCUT2D eigenvalue weighted by Crippen LogP contribution is -2.35. The molecule has 1 saturated heterocycles. The van der Waals surface area contributed by atoms with Crippen LogP contribution in [-0.4, -0.2) is 52.2 Å². The Morgan fingerprint density at radius 3 is 2.58 bits per heavy atom. The lowest BCUT2D eigenvalue weighted by atomic mass is 10.1. The van der Waals surface area contributed by atoms with Crippen molar-refractivity contribution in [1.29, 1.82) is 0 Å². The lowest BCUT2D eigenvalue weighted by molar-refractivity contribution is 0.0342. The molecule has 0 amide bonds. The molecule has 5 rings (SSSR count). The highest BCUT2D eigenvalue weighted by molar-refractivity contribution is 7.18. The van der Waals surface area contributed by atoms with Crippen molar-refractivity contribution in [3.63, 3.8) is 0 Å². The fourth-order valence-electron chi connectivity index (χ4n) is 3.90. The van der Waals surface area contributed by atoms with Crippen LogP contribution in [-0.2, 0) is 30.7 Å². The number of nitrogens with zero attached hydrogens (tertiary/aromatic N) is 2. The minimum atomic E-state index is -1.20. The first-order valence-electron chi connectivity index (χ1n) is 10.4. The molecule has 2 aromatic heterocycles. The van der Waals surface area contributed by atoms with Gasteiger partial charge in [0, 0.05) is 31.1 Å². The quantitative estimate of drug-likeness (QED) is 0.566. The van der Waals surface area contributed by atoms with Crippen LogP contribution in [0.1, 0.15) is 38.6 Å². The van der Waals surface area contributed by atoms with E-state index in [-0.39, 0.29) is 11.4 Å². The van der Waals surface area contributed by atoms with E-state index in [0.717, 1.165) is 57.7 Å². The van der Waals surface area contributed by atoms with Gasteiger partial charge < -0.3 is 20.6 Å². The maximum Gasteiger partial charge on any atom is 0.372 e. The third-order valence-electron chi connectivity index (χ3n) is 5.55. The average molecular weight is 443 g/mol. The predicted octanol–water partition coefficient (Wildman–Crippen LogP) is 2.15. The number of rotatable bonds is 4. The van der Waals surface area contributed by atoms with Crippen molar-refractivity contribution < 1.29 is 14.6 Å². The van der Waals surface area contributed by atoms with Crippen LogP contribution in [0, 0.1) is 0 Å². The molecule has 1 aliphatic heterocycles. The second-order valence-corrected chi connectivity index (χ2v) is 8.75. The number of aromatic amines is 1. The van der Waals surface area contributed by atoms with Gasteiger partial charge >= 0.3 is 5.97 Å². The Morgan fingerprint density at radius 1 is 1.19 bits per heavy atom. The normalized spacial score (nSPS) is 16.0. The third kappa shape index (κ3) is 5.01. The van der Waals surface area contributed by atoms with Gasteiger partial charge in [0.1, 0.15) is 4.83 Å². The molecule has 2 aliphatic rings. The van der Waals surface area contributed by atoms with E-state index in [9.17, 15) is 9.59 Å². The van der Waals surface area contributed by atoms with E-state index < -0.39 is 5.97 Å². The molecule has 3 heterocycles. The molecule has 0 atom stereocenters. The number of ether oxygens (including phenoxy) is 1. The number of nitrogens with two attached hydrogens (primary N) is 1. The Labute approximate surface area is 183 Å². The molecule has 31 heavy (non-hydrogen) atoms. The minimum Gasteiger partial charge on any atom is -0.475 e. The zero-order valence-electron chi connectivity index (χ0n) is 17.2. The zero-order chi connectivity index (χ0) is 21.8. The number of thiophene rings is 1. The zero-order valence-corrected chi connectivity index (χ0v) is 18.0. The smallest absolute Gasteiger partial charge is 0.372 e. The molecule has 0 bridgehead atoms. The van der Waals surface area contributed by atoms with E-state index in [4.69, 9.17) is 15.6 Å². The van der Waals surface area contributed by atoms with Gasteiger partial charge in [0.05, 0.1) is 18.6 Å². The molecule has 0 spiro atoms. The molecule has 3 aromatic rings. The van der Waals surface area contributed by atoms with Crippen LogP contribution in [0.15, 0.2) is 29.1 Å². The number of aromatic nitrogens is 2. The molecule has 9 heteroatoms. The van der Waals surface area contributed by atoms with Crippen LogP contribution in [0.2, 0.25) is 0 Å². The second-order valence-electron chi connectivity index (χ2n) is 7.67. The van der Waals surface area contributed by atoms with Gasteiger partial charge in [-0.1, -0.05) is 24.3 Å². The SMILES string of the molecule is NCc1ccc(CN2CCOCC2)cc1.O=C(O)c1nc2sc3c(c2c(=O)[nH]1)CCC3. The predicted molar refractivity (Wildman–Crippen MR) is 120 cm³/mol. The monoisotopic (exact) mass is 442 g/mol. The van der Waals surface area contributed by atoms with E-state index in [1.807, 2.05) is 0 Å². The summed E-state index contributed by atoms with van der Waals surface area (Å²) in [4.78, 5) is 32.9. The summed E-state index contributed by atoms with van der Waals surface area (Å²) in [5, 5.41) is 9.37. The van der Waals surface area contributed by atoms with Gasteiger partial charge in [-0.15, -0.1) is 11.3 Å². The molecule has 8 nitrogen and oxygen atoms in total. The first-order valence-corrected chi connectivity index (χ1v) is 11.2. The van der Waals surface area contributed by atoms with Crippen molar-refractivity contribution in [2.45, 2.75) is 32.4 Å². The number of nitrogens with one attached hydrogen (secondary N) is 1. The topological polar surface area (TPSA) is 122 Å². The number of H-pyrrole nitrogens is 1. The Kier molecular flexibility index (Phi) is 6.77. The Hall–Kier alpha value is -2.59. The van der Waals surface area contributed by atoms with E-state index in [2.05, 4.69) is 39.1 Å². The number of fused-ring (bicyclic) bond motifs is 3. The number of hydrogen-bond donors (Lipinski definition) is 3. The highest BCUT2D eigenvalue weighted by Gasteiger charge is 2.22. The summed E-state index contributed by atoms with van der Waals surface area (Å²) in [6.07, 6.45) is 2.93. The number of carboxylic acid groups (broad SMARTS) is 1. The summed E-state index contributed by atoms with van der Waals surface area (Å²) in [6, 6.07) is 8.54. The number of aromatic carboxylic acids is 1. The van der Waals surface area contributed by atoms with Crippen LogP contribution in [0.4, 0.5) is 0 Å². The van der Waals surface area contributed by atoms with Crippen LogP contribution in [0.3, 0.4) is 0 Å². The Morgan fingerprint density at radius 2 is 1.90 bits per heavy atom. The van der Waals surface area contributed by atoms with Crippen molar-refractivity contribution in [2.24, 2.45) is 5.73 Å². The van der Waals surface area contributed by atoms with E-state index in [1.165, 1.54) is 27.3 Å². The fraction of sp³-hybridized carbons (Fsp3) is 0.409. The van der Waals surface area contributed by atoms with Crippen LogP contribution >= 0.6 is 11.3 Å². The van der Waals surface area contributed by atoms with Gasteiger partial charge in [-0.05, 0) is 36.0 Å². The highest BCUT2D eigenvalue weighted by atomic mass is 32.1. The average Bonchev–Trinajstić information content (AvgIpc) is 3.36. The maximum atomic E-state index is 11.8. The molecule has 1 aliphatic carbocycles. The van der Waals surface area contributed by atoms with E-state index >= 15 is 0 Å². The summed E-state index contributed by atoms with van der Waals surface area (Å²) in [7, 11) is 0. The van der Waals surface area contributed by atoms with Crippen molar-refractivity contribution >= 4 is 27.5 Å². The second kappa shape index (κ2) is 9.69. The molecule has 0 saturated carbocycles. The van der Waals surface area contributed by atoms with Crippen molar-refractivity contribution in [3.8, 4) is 0 Å². The molecule has 164 valence electrons. The van der Waals surface area contributed by atoms with Crippen molar-refractivity contribution in [3.05, 3.63) is 62.0 Å². The molecular weight excluding hydrogens is 416 g/mol. The Balaban J connectivity index is 0.000000150.